The zero-order valence-corrected chi connectivity index (χ0v) is 11.9. The highest BCUT2D eigenvalue weighted by Crippen LogP contribution is 2.35. The first kappa shape index (κ1) is 15.8. The molecule has 0 saturated carbocycles. The third-order valence-corrected chi connectivity index (χ3v) is 4.27. The molecule has 2 rings (SSSR count). The third kappa shape index (κ3) is 3.74. The molecule has 0 amide bonds. The van der Waals surface area contributed by atoms with Crippen molar-refractivity contribution in [2.45, 2.75) is 17.6 Å². The number of rotatable bonds is 4. The number of H-pyrrole nitrogens is 1. The topological polar surface area (TPSA) is 74.8 Å². The normalized spacial score (nSPS) is 12.6. The second kappa shape index (κ2) is 5.66. The van der Waals surface area contributed by atoms with E-state index in [1.54, 1.807) is 0 Å². The lowest BCUT2D eigenvalue weighted by Crippen LogP contribution is -2.24. The van der Waals surface area contributed by atoms with Crippen LogP contribution in [0, 0.1) is 0 Å². The van der Waals surface area contributed by atoms with Gasteiger partial charge in [0, 0.05) is 12.4 Å². The summed E-state index contributed by atoms with van der Waals surface area (Å²) in [5.41, 5.74) is -1.20. The summed E-state index contributed by atoms with van der Waals surface area (Å²) in [4.78, 5) is 5.94. The van der Waals surface area contributed by atoms with Gasteiger partial charge in [0.1, 0.15) is 5.82 Å². The van der Waals surface area contributed by atoms with Crippen molar-refractivity contribution < 1.29 is 21.6 Å². The number of imidazole rings is 1. The monoisotopic (exact) mass is 339 g/mol. The Morgan fingerprint density at radius 3 is 2.62 bits per heavy atom. The van der Waals surface area contributed by atoms with Gasteiger partial charge >= 0.3 is 6.18 Å². The Labute approximate surface area is 123 Å². The predicted molar refractivity (Wildman–Crippen MR) is 69.1 cm³/mol. The molecule has 0 bridgehead atoms. The molecule has 21 heavy (non-hydrogen) atoms. The summed E-state index contributed by atoms with van der Waals surface area (Å²) in [5, 5.41) is -0.563. The summed E-state index contributed by atoms with van der Waals surface area (Å²) >= 11 is 5.44. The van der Waals surface area contributed by atoms with Crippen molar-refractivity contribution in [3.63, 3.8) is 0 Å². The molecule has 0 radical (unpaired) electrons. The van der Waals surface area contributed by atoms with Crippen molar-refractivity contribution in [3.8, 4) is 0 Å². The van der Waals surface area contributed by atoms with Crippen molar-refractivity contribution in [1.29, 1.82) is 0 Å². The van der Waals surface area contributed by atoms with Gasteiger partial charge in [0.15, 0.2) is 0 Å². The first-order valence-corrected chi connectivity index (χ1v) is 7.41. The highest BCUT2D eigenvalue weighted by Gasteiger charge is 2.34. The number of halogens is 4. The fourth-order valence-electron chi connectivity index (χ4n) is 1.53. The maximum atomic E-state index is 12.7. The smallest absolute Gasteiger partial charge is 0.347 e. The average molecular weight is 340 g/mol. The van der Waals surface area contributed by atoms with Crippen LogP contribution in [0.25, 0.3) is 0 Å². The number of sulfonamides is 1. The lowest BCUT2D eigenvalue weighted by molar-refractivity contribution is -0.137. The largest absolute Gasteiger partial charge is 0.417 e. The standard InChI is InChI=1S/C11H9ClF3N3O2S/c12-9-2-1-7(5-8(9)11(13,14)15)21(19,20)18-6-10-16-3-4-17-10/h1-5,18H,6H2,(H,16,17). The van der Waals surface area contributed by atoms with E-state index in [-0.39, 0.29) is 6.54 Å². The number of hydrogen-bond acceptors (Lipinski definition) is 3. The quantitative estimate of drug-likeness (QED) is 0.899. The van der Waals surface area contributed by atoms with Gasteiger partial charge in [-0.25, -0.2) is 18.1 Å². The molecule has 0 aliphatic carbocycles. The molecule has 1 heterocycles. The Bertz CT molecular complexity index is 730. The maximum absolute atomic E-state index is 12.7. The number of benzene rings is 1. The maximum Gasteiger partial charge on any atom is 0.417 e. The first-order chi connectivity index (χ1) is 9.70. The summed E-state index contributed by atoms with van der Waals surface area (Å²) in [5.74, 6) is 0.337. The summed E-state index contributed by atoms with van der Waals surface area (Å²) in [6.07, 6.45) is -1.81. The molecule has 0 atom stereocenters. The predicted octanol–water partition coefficient (Wildman–Crippen LogP) is 2.56. The van der Waals surface area contributed by atoms with Crippen LogP contribution in [0.5, 0.6) is 0 Å². The molecule has 0 spiro atoms. The number of alkyl halides is 3. The number of nitrogens with one attached hydrogen (secondary N) is 2. The Morgan fingerprint density at radius 1 is 1.33 bits per heavy atom. The van der Waals surface area contributed by atoms with Crippen LogP contribution in [0.3, 0.4) is 0 Å². The highest BCUT2D eigenvalue weighted by molar-refractivity contribution is 7.89. The van der Waals surface area contributed by atoms with Crippen LogP contribution < -0.4 is 4.72 Å². The number of nitrogens with zero attached hydrogens (tertiary/aromatic N) is 1. The van der Waals surface area contributed by atoms with E-state index in [1.807, 2.05) is 0 Å². The summed E-state index contributed by atoms with van der Waals surface area (Å²) in [7, 11) is -4.10. The fraction of sp³-hybridized carbons (Fsp3) is 0.182. The number of hydrogen-bond donors (Lipinski definition) is 2. The highest BCUT2D eigenvalue weighted by atomic mass is 35.5. The fourth-order valence-corrected chi connectivity index (χ4v) is 2.77. The van der Waals surface area contributed by atoms with Gasteiger partial charge in [-0.3, -0.25) is 0 Å². The average Bonchev–Trinajstić information content (AvgIpc) is 2.88. The van der Waals surface area contributed by atoms with E-state index >= 15 is 0 Å². The van der Waals surface area contributed by atoms with Gasteiger partial charge in [0.05, 0.1) is 22.0 Å². The van der Waals surface area contributed by atoms with Gasteiger partial charge < -0.3 is 4.98 Å². The van der Waals surface area contributed by atoms with E-state index in [0.717, 1.165) is 12.1 Å². The molecule has 0 fully saturated rings. The van der Waals surface area contributed by atoms with E-state index in [4.69, 9.17) is 11.6 Å². The van der Waals surface area contributed by atoms with Crippen LogP contribution in [0.1, 0.15) is 11.4 Å². The molecule has 0 aliphatic rings. The zero-order chi connectivity index (χ0) is 15.7. The lowest BCUT2D eigenvalue weighted by atomic mass is 10.2. The van der Waals surface area contributed by atoms with Crippen molar-refractivity contribution in [3.05, 3.63) is 47.0 Å². The first-order valence-electron chi connectivity index (χ1n) is 5.55. The molecule has 5 nitrogen and oxygen atoms in total. The lowest BCUT2D eigenvalue weighted by Gasteiger charge is -2.11. The molecule has 1 aromatic heterocycles. The Kier molecular flexibility index (Phi) is 4.26. The van der Waals surface area contributed by atoms with Crippen molar-refractivity contribution in [1.82, 2.24) is 14.7 Å². The van der Waals surface area contributed by atoms with Crippen molar-refractivity contribution in [2.24, 2.45) is 0 Å². The minimum absolute atomic E-state index is 0.167. The van der Waals surface area contributed by atoms with E-state index in [9.17, 15) is 21.6 Å². The third-order valence-electron chi connectivity index (χ3n) is 2.54. The van der Waals surface area contributed by atoms with Crippen LogP contribution in [-0.2, 0) is 22.7 Å². The molecule has 0 aliphatic heterocycles. The number of aromatic nitrogens is 2. The summed E-state index contributed by atoms with van der Waals surface area (Å²) in [6.45, 7) is -0.167. The van der Waals surface area contributed by atoms with Crippen LogP contribution in [-0.4, -0.2) is 18.4 Å². The Balaban J connectivity index is 2.28. The SMILES string of the molecule is O=S(=O)(NCc1ncc[nH]1)c1ccc(Cl)c(C(F)(F)F)c1. The second-order valence-corrected chi connectivity index (χ2v) is 6.17. The molecule has 1 aromatic carbocycles. The van der Waals surface area contributed by atoms with Gasteiger partial charge in [-0.2, -0.15) is 13.2 Å². The van der Waals surface area contributed by atoms with E-state index in [0.29, 0.717) is 11.9 Å². The van der Waals surface area contributed by atoms with E-state index < -0.39 is 31.7 Å². The molecule has 10 heteroatoms. The summed E-state index contributed by atoms with van der Waals surface area (Å²) < 4.78 is 64.2. The zero-order valence-electron chi connectivity index (χ0n) is 10.3. The Morgan fingerprint density at radius 2 is 2.05 bits per heavy atom. The van der Waals surface area contributed by atoms with Gasteiger partial charge in [0.25, 0.3) is 0 Å². The van der Waals surface area contributed by atoms with Crippen LogP contribution in [0.4, 0.5) is 13.2 Å². The second-order valence-electron chi connectivity index (χ2n) is 4.00. The van der Waals surface area contributed by atoms with Gasteiger partial charge in [-0.1, -0.05) is 11.6 Å². The van der Waals surface area contributed by atoms with Gasteiger partial charge in [-0.05, 0) is 18.2 Å². The van der Waals surface area contributed by atoms with Gasteiger partial charge in [-0.15, -0.1) is 0 Å². The molecular formula is C11H9ClF3N3O2S. The van der Waals surface area contributed by atoms with Crippen molar-refractivity contribution in [2.75, 3.05) is 0 Å². The molecule has 2 N–H and O–H groups in total. The molecular weight excluding hydrogens is 331 g/mol. The van der Waals surface area contributed by atoms with E-state index in [2.05, 4.69) is 14.7 Å². The molecule has 2 aromatic rings. The van der Waals surface area contributed by atoms with Crippen molar-refractivity contribution >= 4 is 21.6 Å². The minimum Gasteiger partial charge on any atom is -0.347 e. The molecule has 114 valence electrons. The Hall–Kier alpha value is -1.58. The van der Waals surface area contributed by atoms with Crippen LogP contribution >= 0.6 is 11.6 Å². The molecule has 0 saturated heterocycles. The summed E-state index contributed by atoms with van der Waals surface area (Å²) in [6, 6.07) is 2.39. The minimum atomic E-state index is -4.73. The van der Waals surface area contributed by atoms with Gasteiger partial charge in [0.2, 0.25) is 10.0 Å². The molecule has 0 unspecified atom stereocenters. The number of aromatic amines is 1. The van der Waals surface area contributed by atoms with E-state index in [1.165, 1.54) is 12.4 Å². The van der Waals surface area contributed by atoms with Crippen LogP contribution in [0.15, 0.2) is 35.5 Å². The van der Waals surface area contributed by atoms with Crippen LogP contribution in [0.2, 0.25) is 5.02 Å².